The lowest BCUT2D eigenvalue weighted by Gasteiger charge is -2.13. The van der Waals surface area contributed by atoms with Gasteiger partial charge >= 0.3 is 5.97 Å². The third-order valence-corrected chi connectivity index (χ3v) is 3.45. The molecule has 1 aromatic heterocycles. The van der Waals surface area contributed by atoms with Crippen molar-refractivity contribution < 1.29 is 14.7 Å². The first-order valence-electron chi connectivity index (χ1n) is 7.45. The van der Waals surface area contributed by atoms with E-state index in [1.54, 1.807) is 22.9 Å². The van der Waals surface area contributed by atoms with Crippen molar-refractivity contribution in [3.63, 3.8) is 0 Å². The molecule has 0 aliphatic heterocycles. The van der Waals surface area contributed by atoms with E-state index >= 15 is 0 Å². The number of aromatic carboxylic acids is 1. The molecule has 2 N–H and O–H groups in total. The highest BCUT2D eigenvalue weighted by molar-refractivity contribution is 6.03. The lowest BCUT2D eigenvalue weighted by Crippen LogP contribution is -2.17. The van der Waals surface area contributed by atoms with Crippen LogP contribution in [0.15, 0.2) is 30.3 Å². The van der Waals surface area contributed by atoms with Gasteiger partial charge in [0.1, 0.15) is 5.69 Å². The number of aryl methyl sites for hydroxylation is 1. The van der Waals surface area contributed by atoms with E-state index in [-0.39, 0.29) is 16.9 Å². The number of hydrogen-bond donors (Lipinski definition) is 2. The van der Waals surface area contributed by atoms with Crippen LogP contribution in [-0.4, -0.2) is 26.8 Å². The average molecular weight is 315 g/mol. The van der Waals surface area contributed by atoms with Gasteiger partial charge in [0.2, 0.25) is 0 Å². The Kier molecular flexibility index (Phi) is 4.54. The number of hydrogen-bond acceptors (Lipinski definition) is 3. The van der Waals surface area contributed by atoms with Crippen molar-refractivity contribution in [3.8, 4) is 0 Å². The molecule has 0 bridgehead atoms. The molecule has 2 rings (SSSR count). The van der Waals surface area contributed by atoms with Crippen LogP contribution < -0.4 is 5.32 Å². The fraction of sp³-hybridized carbons (Fsp3) is 0.353. The van der Waals surface area contributed by atoms with Gasteiger partial charge in [-0.3, -0.25) is 9.48 Å². The quantitative estimate of drug-likeness (QED) is 0.907. The van der Waals surface area contributed by atoms with E-state index in [2.05, 4.69) is 10.4 Å². The van der Waals surface area contributed by atoms with Crippen LogP contribution in [0.3, 0.4) is 0 Å². The molecule has 0 aliphatic carbocycles. The number of nitrogens with zero attached hydrogens (tertiary/aromatic N) is 2. The molecule has 0 aliphatic rings. The number of aromatic nitrogens is 2. The highest BCUT2D eigenvalue weighted by atomic mass is 16.4. The fourth-order valence-electron chi connectivity index (χ4n) is 2.13. The third-order valence-electron chi connectivity index (χ3n) is 3.45. The number of nitrogens with one attached hydrogen (secondary N) is 1. The van der Waals surface area contributed by atoms with Crippen molar-refractivity contribution in [2.75, 3.05) is 5.32 Å². The average Bonchev–Trinajstić information content (AvgIpc) is 2.92. The van der Waals surface area contributed by atoms with Crippen LogP contribution in [0.5, 0.6) is 0 Å². The van der Waals surface area contributed by atoms with Gasteiger partial charge in [-0.2, -0.15) is 5.10 Å². The van der Waals surface area contributed by atoms with Crippen molar-refractivity contribution in [1.29, 1.82) is 0 Å². The van der Waals surface area contributed by atoms with Gasteiger partial charge in [0.05, 0.1) is 11.3 Å². The second-order valence-corrected chi connectivity index (χ2v) is 6.32. The number of carbonyl (C=O) groups is 2. The van der Waals surface area contributed by atoms with E-state index in [4.69, 9.17) is 5.11 Å². The summed E-state index contributed by atoms with van der Waals surface area (Å²) in [6.45, 7) is 8.60. The second kappa shape index (κ2) is 6.24. The molecule has 0 radical (unpaired) electrons. The number of anilines is 1. The molecule has 23 heavy (non-hydrogen) atoms. The van der Waals surface area contributed by atoms with Crippen LogP contribution in [0.1, 0.15) is 54.2 Å². The van der Waals surface area contributed by atoms with Crippen molar-refractivity contribution in [3.05, 3.63) is 47.3 Å². The predicted octanol–water partition coefficient (Wildman–Crippen LogP) is 3.15. The van der Waals surface area contributed by atoms with Crippen LogP contribution in [-0.2, 0) is 12.0 Å². The standard InChI is InChI=1S/C17H21N3O3/c1-5-20-13(10-14(19-20)17(2,3)4)15(21)18-12-8-6-7-11(9-12)16(22)23/h6-10H,5H2,1-4H3,(H,18,21)(H,22,23). The molecule has 0 fully saturated rings. The summed E-state index contributed by atoms with van der Waals surface area (Å²) in [5.41, 5.74) is 1.71. The lowest BCUT2D eigenvalue weighted by atomic mass is 9.92. The van der Waals surface area contributed by atoms with E-state index in [0.717, 1.165) is 5.69 Å². The molecule has 2 aromatic rings. The lowest BCUT2D eigenvalue weighted by molar-refractivity contribution is 0.0696. The zero-order valence-electron chi connectivity index (χ0n) is 13.8. The minimum absolute atomic E-state index is 0.127. The summed E-state index contributed by atoms with van der Waals surface area (Å²) >= 11 is 0. The Morgan fingerprint density at radius 1 is 1.26 bits per heavy atom. The zero-order chi connectivity index (χ0) is 17.2. The smallest absolute Gasteiger partial charge is 0.335 e. The summed E-state index contributed by atoms with van der Waals surface area (Å²) in [6.07, 6.45) is 0. The SMILES string of the molecule is CCn1nc(C(C)(C)C)cc1C(=O)Nc1cccc(C(=O)O)c1. The minimum Gasteiger partial charge on any atom is -0.478 e. The highest BCUT2D eigenvalue weighted by Crippen LogP contribution is 2.22. The Bertz CT molecular complexity index is 742. The summed E-state index contributed by atoms with van der Waals surface area (Å²) in [5.74, 6) is -1.34. The predicted molar refractivity (Wildman–Crippen MR) is 88.0 cm³/mol. The monoisotopic (exact) mass is 315 g/mol. The number of carboxylic acids is 1. The molecular weight excluding hydrogens is 294 g/mol. The van der Waals surface area contributed by atoms with Crippen molar-refractivity contribution in [2.45, 2.75) is 39.7 Å². The first-order chi connectivity index (χ1) is 10.7. The van der Waals surface area contributed by atoms with Crippen molar-refractivity contribution in [1.82, 2.24) is 9.78 Å². The number of rotatable bonds is 4. The fourth-order valence-corrected chi connectivity index (χ4v) is 2.13. The molecule has 0 unspecified atom stereocenters. The molecule has 6 heteroatoms. The van der Waals surface area contributed by atoms with Crippen molar-refractivity contribution >= 4 is 17.6 Å². The van der Waals surface area contributed by atoms with Gasteiger partial charge in [0.25, 0.3) is 5.91 Å². The Morgan fingerprint density at radius 3 is 2.52 bits per heavy atom. The summed E-state index contributed by atoms with van der Waals surface area (Å²) in [5, 5.41) is 16.2. The van der Waals surface area contributed by atoms with Crippen LogP contribution in [0.25, 0.3) is 0 Å². The van der Waals surface area contributed by atoms with Gasteiger partial charge in [-0.05, 0) is 31.2 Å². The molecule has 1 amide bonds. The van der Waals surface area contributed by atoms with Gasteiger partial charge in [-0.25, -0.2) is 4.79 Å². The number of carboxylic acid groups (broad SMARTS) is 1. The van der Waals surface area contributed by atoms with Crippen LogP contribution >= 0.6 is 0 Å². The first kappa shape index (κ1) is 16.7. The van der Waals surface area contributed by atoms with Gasteiger partial charge in [-0.1, -0.05) is 26.8 Å². The molecule has 0 saturated carbocycles. The van der Waals surface area contributed by atoms with Crippen LogP contribution in [0, 0.1) is 0 Å². The second-order valence-electron chi connectivity index (χ2n) is 6.32. The molecule has 0 saturated heterocycles. The molecule has 0 spiro atoms. The molecule has 122 valence electrons. The van der Waals surface area contributed by atoms with Crippen LogP contribution in [0.2, 0.25) is 0 Å². The van der Waals surface area contributed by atoms with Gasteiger partial charge in [0.15, 0.2) is 0 Å². The Hall–Kier alpha value is -2.63. The topological polar surface area (TPSA) is 84.2 Å². The maximum Gasteiger partial charge on any atom is 0.335 e. The van der Waals surface area contributed by atoms with Crippen LogP contribution in [0.4, 0.5) is 5.69 Å². The van der Waals surface area contributed by atoms with Gasteiger partial charge < -0.3 is 10.4 Å². The summed E-state index contributed by atoms with van der Waals surface area (Å²) in [7, 11) is 0. The Labute approximate surface area is 135 Å². The third kappa shape index (κ3) is 3.77. The van der Waals surface area contributed by atoms with E-state index < -0.39 is 5.97 Å². The Balaban J connectivity index is 2.29. The molecular formula is C17H21N3O3. The first-order valence-corrected chi connectivity index (χ1v) is 7.45. The Morgan fingerprint density at radius 2 is 1.96 bits per heavy atom. The highest BCUT2D eigenvalue weighted by Gasteiger charge is 2.22. The van der Waals surface area contributed by atoms with Gasteiger partial charge in [0, 0.05) is 17.6 Å². The largest absolute Gasteiger partial charge is 0.478 e. The van der Waals surface area contributed by atoms with E-state index in [1.165, 1.54) is 12.1 Å². The van der Waals surface area contributed by atoms with E-state index in [9.17, 15) is 9.59 Å². The summed E-state index contributed by atoms with van der Waals surface area (Å²) in [6, 6.07) is 7.93. The maximum atomic E-state index is 12.5. The number of carbonyl (C=O) groups excluding carboxylic acids is 1. The van der Waals surface area contributed by atoms with Gasteiger partial charge in [-0.15, -0.1) is 0 Å². The molecule has 0 atom stereocenters. The molecule has 6 nitrogen and oxygen atoms in total. The molecule has 1 heterocycles. The number of amides is 1. The zero-order valence-corrected chi connectivity index (χ0v) is 13.8. The summed E-state index contributed by atoms with van der Waals surface area (Å²) < 4.78 is 1.65. The normalized spacial score (nSPS) is 11.3. The number of benzene rings is 1. The minimum atomic E-state index is -1.03. The van der Waals surface area contributed by atoms with Crippen molar-refractivity contribution in [2.24, 2.45) is 0 Å². The van der Waals surface area contributed by atoms with E-state index in [1.807, 2.05) is 27.7 Å². The van der Waals surface area contributed by atoms with E-state index in [0.29, 0.717) is 17.9 Å². The maximum absolute atomic E-state index is 12.5. The molecule has 1 aromatic carbocycles. The summed E-state index contributed by atoms with van der Waals surface area (Å²) in [4.78, 5) is 23.5.